The van der Waals surface area contributed by atoms with Gasteiger partial charge in [-0.05, 0) is 37.1 Å². The summed E-state index contributed by atoms with van der Waals surface area (Å²) in [4.78, 5) is 29.2. The van der Waals surface area contributed by atoms with Crippen molar-refractivity contribution in [2.24, 2.45) is 0 Å². The molecule has 2 N–H and O–H groups in total. The Morgan fingerprint density at radius 3 is 2.37 bits per heavy atom. The Kier molecular flexibility index (Phi) is 3.16. The van der Waals surface area contributed by atoms with Gasteiger partial charge in [0, 0.05) is 5.56 Å². The first-order chi connectivity index (χ1) is 8.91. The lowest BCUT2D eigenvalue weighted by atomic mass is 10.0. The second-order valence-corrected chi connectivity index (χ2v) is 4.18. The Labute approximate surface area is 108 Å². The van der Waals surface area contributed by atoms with Gasteiger partial charge in [0.25, 0.3) is 0 Å². The van der Waals surface area contributed by atoms with Crippen LogP contribution in [0.4, 0.5) is 4.39 Å². The number of carboxylic acid groups (broad SMARTS) is 1. The molecule has 0 unspecified atom stereocenters. The van der Waals surface area contributed by atoms with Gasteiger partial charge in [0.2, 0.25) is 5.78 Å². The van der Waals surface area contributed by atoms with Gasteiger partial charge in [0.1, 0.15) is 11.5 Å². The molecule has 0 spiro atoms. The van der Waals surface area contributed by atoms with Gasteiger partial charge >= 0.3 is 5.97 Å². The molecule has 0 saturated heterocycles. The summed E-state index contributed by atoms with van der Waals surface area (Å²) in [6.45, 7) is 3.09. The summed E-state index contributed by atoms with van der Waals surface area (Å²) in [5.41, 5.74) is 0.417. The molecule has 2 rings (SSSR count). The fourth-order valence-corrected chi connectivity index (χ4v) is 1.84. The second-order valence-electron chi connectivity index (χ2n) is 4.18. The summed E-state index contributed by atoms with van der Waals surface area (Å²) >= 11 is 0. The molecular weight excluding hydrogens is 251 g/mol. The normalized spacial score (nSPS) is 10.5. The number of imidazole rings is 1. The fourth-order valence-electron chi connectivity index (χ4n) is 1.84. The van der Waals surface area contributed by atoms with E-state index in [-0.39, 0.29) is 22.8 Å². The average molecular weight is 262 g/mol. The van der Waals surface area contributed by atoms with Crippen molar-refractivity contribution in [3.63, 3.8) is 0 Å². The van der Waals surface area contributed by atoms with Gasteiger partial charge in [-0.2, -0.15) is 0 Å². The number of aromatic amines is 1. The van der Waals surface area contributed by atoms with Crippen LogP contribution in [0.3, 0.4) is 0 Å². The van der Waals surface area contributed by atoms with E-state index in [0.717, 1.165) is 6.33 Å². The SMILES string of the molecule is Cc1cc(C(=O)c2nc[nH]c2C(=O)O)cc(C)c1F. The van der Waals surface area contributed by atoms with Gasteiger partial charge in [-0.1, -0.05) is 0 Å². The Balaban J connectivity index is 2.50. The minimum Gasteiger partial charge on any atom is -0.477 e. The molecule has 98 valence electrons. The van der Waals surface area contributed by atoms with Gasteiger partial charge < -0.3 is 10.1 Å². The van der Waals surface area contributed by atoms with E-state index in [1.807, 2.05) is 0 Å². The topological polar surface area (TPSA) is 83.0 Å². The third-order valence-corrected chi connectivity index (χ3v) is 2.77. The van der Waals surface area contributed by atoms with Crippen LogP contribution in [0.25, 0.3) is 0 Å². The number of carbonyl (C=O) groups excluding carboxylic acids is 1. The van der Waals surface area contributed by atoms with E-state index in [9.17, 15) is 14.0 Å². The van der Waals surface area contributed by atoms with Crippen molar-refractivity contribution in [3.8, 4) is 0 Å². The molecule has 6 heteroatoms. The molecule has 0 saturated carbocycles. The second kappa shape index (κ2) is 4.64. The number of ketones is 1. The standard InChI is InChI=1S/C13H11FN2O3/c1-6-3-8(4-7(2)9(6)14)12(17)10-11(13(18)19)16-5-15-10/h3-5H,1-2H3,(H,15,16)(H,18,19). The monoisotopic (exact) mass is 262 g/mol. The number of nitrogens with zero attached hydrogens (tertiary/aromatic N) is 1. The quantitative estimate of drug-likeness (QED) is 0.830. The van der Waals surface area contributed by atoms with Crippen molar-refractivity contribution < 1.29 is 19.1 Å². The maximum atomic E-state index is 13.5. The molecule has 0 aliphatic rings. The predicted molar refractivity (Wildman–Crippen MR) is 64.9 cm³/mol. The highest BCUT2D eigenvalue weighted by molar-refractivity contribution is 6.12. The first-order valence-corrected chi connectivity index (χ1v) is 5.50. The van der Waals surface area contributed by atoms with Crippen LogP contribution in [0.1, 0.15) is 37.7 Å². The lowest BCUT2D eigenvalue weighted by Gasteiger charge is -2.05. The van der Waals surface area contributed by atoms with Crippen LogP contribution in [-0.4, -0.2) is 26.8 Å². The first kappa shape index (κ1) is 12.9. The summed E-state index contributed by atoms with van der Waals surface area (Å²) in [5, 5.41) is 8.92. The van der Waals surface area contributed by atoms with Crippen molar-refractivity contribution in [1.82, 2.24) is 9.97 Å². The highest BCUT2D eigenvalue weighted by atomic mass is 19.1. The molecule has 0 atom stereocenters. The Hall–Kier alpha value is -2.50. The third kappa shape index (κ3) is 2.24. The number of carbonyl (C=O) groups is 2. The third-order valence-electron chi connectivity index (χ3n) is 2.77. The van der Waals surface area contributed by atoms with Crippen LogP contribution >= 0.6 is 0 Å². The lowest BCUT2D eigenvalue weighted by molar-refractivity contribution is 0.0687. The Bertz CT molecular complexity index is 653. The zero-order valence-corrected chi connectivity index (χ0v) is 10.3. The van der Waals surface area contributed by atoms with Crippen LogP contribution in [0.15, 0.2) is 18.5 Å². The largest absolute Gasteiger partial charge is 0.477 e. The van der Waals surface area contributed by atoms with E-state index in [2.05, 4.69) is 9.97 Å². The fraction of sp³-hybridized carbons (Fsp3) is 0.154. The van der Waals surface area contributed by atoms with Crippen molar-refractivity contribution in [2.75, 3.05) is 0 Å². The molecule has 1 aromatic carbocycles. The highest BCUT2D eigenvalue weighted by Crippen LogP contribution is 2.18. The number of aryl methyl sites for hydroxylation is 2. The van der Waals surface area contributed by atoms with Crippen LogP contribution in [-0.2, 0) is 0 Å². The average Bonchev–Trinajstić information content (AvgIpc) is 2.83. The van der Waals surface area contributed by atoms with Crippen molar-refractivity contribution in [2.45, 2.75) is 13.8 Å². The maximum absolute atomic E-state index is 13.5. The molecule has 1 heterocycles. The summed E-state index contributed by atoms with van der Waals surface area (Å²) in [6, 6.07) is 2.76. The van der Waals surface area contributed by atoms with Crippen LogP contribution in [0.5, 0.6) is 0 Å². The van der Waals surface area contributed by atoms with Crippen LogP contribution < -0.4 is 0 Å². The minimum absolute atomic E-state index is 0.182. The molecule has 0 bridgehead atoms. The zero-order valence-electron chi connectivity index (χ0n) is 10.3. The number of hydrogen-bond acceptors (Lipinski definition) is 3. The van der Waals surface area contributed by atoms with Gasteiger partial charge in [0.15, 0.2) is 5.69 Å². The molecule has 2 aromatic rings. The summed E-state index contributed by atoms with van der Waals surface area (Å²) in [5.74, 6) is -2.20. The molecule has 0 fully saturated rings. The van der Waals surface area contributed by atoms with Crippen LogP contribution in [0, 0.1) is 19.7 Å². The molecule has 5 nitrogen and oxygen atoms in total. The van der Waals surface area contributed by atoms with E-state index in [4.69, 9.17) is 5.11 Å². The summed E-state index contributed by atoms with van der Waals surface area (Å²) in [6.07, 6.45) is 1.14. The number of benzene rings is 1. The molecule has 19 heavy (non-hydrogen) atoms. The minimum atomic E-state index is -1.27. The number of aromatic carboxylic acids is 1. The van der Waals surface area contributed by atoms with Crippen molar-refractivity contribution in [3.05, 3.63) is 52.4 Å². The van der Waals surface area contributed by atoms with Gasteiger partial charge in [-0.3, -0.25) is 4.79 Å². The summed E-state index contributed by atoms with van der Waals surface area (Å²) in [7, 11) is 0. The van der Waals surface area contributed by atoms with Gasteiger partial charge in [-0.25, -0.2) is 14.2 Å². The number of halogens is 1. The molecule has 0 aliphatic carbocycles. The number of hydrogen-bond donors (Lipinski definition) is 2. The number of H-pyrrole nitrogens is 1. The summed E-state index contributed by atoms with van der Waals surface area (Å²) < 4.78 is 13.5. The van der Waals surface area contributed by atoms with Crippen molar-refractivity contribution >= 4 is 11.8 Å². The zero-order chi connectivity index (χ0) is 14.2. The van der Waals surface area contributed by atoms with E-state index in [1.165, 1.54) is 12.1 Å². The number of aromatic nitrogens is 2. The van der Waals surface area contributed by atoms with E-state index < -0.39 is 11.8 Å². The lowest BCUT2D eigenvalue weighted by Crippen LogP contribution is -2.10. The maximum Gasteiger partial charge on any atom is 0.354 e. The van der Waals surface area contributed by atoms with Gasteiger partial charge in [-0.15, -0.1) is 0 Å². The number of nitrogens with one attached hydrogen (secondary N) is 1. The van der Waals surface area contributed by atoms with Crippen molar-refractivity contribution in [1.29, 1.82) is 0 Å². The number of carboxylic acids is 1. The molecule has 0 radical (unpaired) electrons. The molecule has 0 amide bonds. The Morgan fingerprint density at radius 1 is 1.26 bits per heavy atom. The first-order valence-electron chi connectivity index (χ1n) is 5.50. The predicted octanol–water partition coefficient (Wildman–Crippen LogP) is 2.09. The number of rotatable bonds is 3. The Morgan fingerprint density at radius 2 is 1.84 bits per heavy atom. The molecular formula is C13H11FN2O3. The molecule has 0 aliphatic heterocycles. The molecule has 1 aromatic heterocycles. The van der Waals surface area contributed by atoms with E-state index >= 15 is 0 Å². The van der Waals surface area contributed by atoms with Crippen LogP contribution in [0.2, 0.25) is 0 Å². The van der Waals surface area contributed by atoms with Gasteiger partial charge in [0.05, 0.1) is 6.33 Å². The highest BCUT2D eigenvalue weighted by Gasteiger charge is 2.22. The smallest absolute Gasteiger partial charge is 0.354 e. The van der Waals surface area contributed by atoms with E-state index in [1.54, 1.807) is 13.8 Å². The van der Waals surface area contributed by atoms with E-state index in [0.29, 0.717) is 11.1 Å².